The monoisotopic (exact) mass is 559 g/mol. The second-order valence-corrected chi connectivity index (χ2v) is 13.1. The number of likely N-dealkylation sites (tertiary alicyclic amines) is 1. The van der Waals surface area contributed by atoms with Crippen LogP contribution in [0.4, 0.5) is 5.82 Å². The Morgan fingerprint density at radius 1 is 1.19 bits per heavy atom. The minimum absolute atomic E-state index is 0.123. The highest BCUT2D eigenvalue weighted by atomic mass is 35.5. The van der Waals surface area contributed by atoms with E-state index in [1.54, 1.807) is 28.9 Å². The lowest BCUT2D eigenvalue weighted by Crippen LogP contribution is -2.36. The zero-order valence-corrected chi connectivity index (χ0v) is 23.3. The minimum atomic E-state index is -0.744. The van der Waals surface area contributed by atoms with Gasteiger partial charge in [0.15, 0.2) is 5.78 Å². The Morgan fingerprint density at radius 3 is 2.57 bits per heavy atom. The zero-order chi connectivity index (χ0) is 26.2. The highest BCUT2D eigenvalue weighted by Crippen LogP contribution is 2.37. The number of carboxylic acids is 1. The van der Waals surface area contributed by atoms with Crippen LogP contribution >= 0.6 is 34.3 Å². The van der Waals surface area contributed by atoms with E-state index in [9.17, 15) is 14.7 Å². The molecule has 3 aromatic heterocycles. The first kappa shape index (κ1) is 26.2. The average molecular weight is 560 g/mol. The number of rotatable bonds is 8. The Morgan fingerprint density at radius 2 is 1.97 bits per heavy atom. The molecule has 3 aromatic rings. The second kappa shape index (κ2) is 10.8. The summed E-state index contributed by atoms with van der Waals surface area (Å²) in [5, 5.41) is 12.6. The van der Waals surface area contributed by atoms with E-state index >= 15 is 0 Å². The van der Waals surface area contributed by atoms with Gasteiger partial charge >= 0.3 is 5.97 Å². The highest BCUT2D eigenvalue weighted by molar-refractivity contribution is 7.15. The number of carbonyl (C=O) groups is 2. The van der Waals surface area contributed by atoms with E-state index in [1.165, 1.54) is 12.6 Å². The van der Waals surface area contributed by atoms with Crippen molar-refractivity contribution in [1.82, 2.24) is 19.9 Å². The smallest absolute Gasteiger partial charge is 0.306 e. The molecule has 0 spiro atoms. The summed E-state index contributed by atoms with van der Waals surface area (Å²) in [7, 11) is 0. The molecule has 1 N–H and O–H groups in total. The molecular weight excluding hydrogens is 530 g/mol. The highest BCUT2D eigenvalue weighted by Gasteiger charge is 2.30. The van der Waals surface area contributed by atoms with Crippen molar-refractivity contribution in [3.63, 3.8) is 0 Å². The van der Waals surface area contributed by atoms with Gasteiger partial charge in [-0.05, 0) is 37.3 Å². The fourth-order valence-corrected chi connectivity index (χ4v) is 7.27. The van der Waals surface area contributed by atoms with Gasteiger partial charge in [0, 0.05) is 36.4 Å². The lowest BCUT2D eigenvalue weighted by Gasteiger charge is -2.30. The van der Waals surface area contributed by atoms with Gasteiger partial charge in [0.1, 0.15) is 16.5 Å². The van der Waals surface area contributed by atoms with Crippen LogP contribution in [-0.2, 0) is 17.8 Å². The van der Waals surface area contributed by atoms with Gasteiger partial charge in [0.25, 0.3) is 0 Å². The number of piperidine rings is 1. The van der Waals surface area contributed by atoms with E-state index in [2.05, 4.69) is 28.7 Å². The molecule has 5 heterocycles. The molecule has 196 valence electrons. The molecule has 2 aliphatic heterocycles. The van der Waals surface area contributed by atoms with Gasteiger partial charge < -0.3 is 10.0 Å². The van der Waals surface area contributed by atoms with Crippen LogP contribution in [0.25, 0.3) is 10.6 Å². The van der Waals surface area contributed by atoms with E-state index in [0.29, 0.717) is 47.9 Å². The maximum Gasteiger partial charge on any atom is 0.306 e. The van der Waals surface area contributed by atoms with Gasteiger partial charge in [-0.2, -0.15) is 0 Å². The number of thiazole rings is 1. The number of aliphatic carboxylic acids is 1. The first-order valence-corrected chi connectivity index (χ1v) is 14.5. The van der Waals surface area contributed by atoms with Crippen LogP contribution in [0.5, 0.6) is 0 Å². The summed E-state index contributed by atoms with van der Waals surface area (Å²) in [6.45, 7) is 8.74. The summed E-state index contributed by atoms with van der Waals surface area (Å²) >= 11 is 9.36. The third-order valence-electron chi connectivity index (χ3n) is 7.07. The summed E-state index contributed by atoms with van der Waals surface area (Å²) in [6, 6.07) is 1.94. The van der Waals surface area contributed by atoms with Crippen molar-refractivity contribution in [1.29, 1.82) is 0 Å². The molecular formula is C26H30ClN5O3S2. The van der Waals surface area contributed by atoms with E-state index in [-0.39, 0.29) is 18.1 Å². The molecule has 0 radical (unpaired) electrons. The van der Waals surface area contributed by atoms with Gasteiger partial charge in [-0.3, -0.25) is 14.5 Å². The van der Waals surface area contributed by atoms with Gasteiger partial charge in [-0.1, -0.05) is 25.4 Å². The number of nitrogens with zero attached hydrogens (tertiary/aromatic N) is 5. The van der Waals surface area contributed by atoms with Crippen LogP contribution in [0, 0.1) is 11.3 Å². The largest absolute Gasteiger partial charge is 0.481 e. The number of hydrogen-bond donors (Lipinski definition) is 1. The lowest BCUT2D eigenvalue weighted by atomic mass is 9.93. The van der Waals surface area contributed by atoms with E-state index in [1.807, 2.05) is 16.3 Å². The number of Topliss-reactive ketones (excluding diaryl/α,β-unsaturated/α-hetero) is 1. The van der Waals surface area contributed by atoms with Crippen molar-refractivity contribution in [3.8, 4) is 10.6 Å². The Bertz CT molecular complexity index is 1280. The topological polar surface area (TPSA) is 99.5 Å². The van der Waals surface area contributed by atoms with E-state index in [4.69, 9.17) is 16.6 Å². The molecule has 0 atom stereocenters. The predicted octanol–water partition coefficient (Wildman–Crippen LogP) is 5.27. The van der Waals surface area contributed by atoms with Crippen molar-refractivity contribution in [2.75, 3.05) is 31.1 Å². The van der Waals surface area contributed by atoms with Gasteiger partial charge in [-0.25, -0.2) is 15.0 Å². The summed E-state index contributed by atoms with van der Waals surface area (Å²) in [4.78, 5) is 44.6. The fourth-order valence-electron chi connectivity index (χ4n) is 4.99. The Hall–Kier alpha value is -2.40. The lowest BCUT2D eigenvalue weighted by molar-refractivity contribution is -0.142. The van der Waals surface area contributed by atoms with Crippen molar-refractivity contribution in [2.24, 2.45) is 11.3 Å². The Labute approximate surface area is 229 Å². The molecule has 8 nitrogen and oxygen atoms in total. The number of carboxylic acid groups (broad SMARTS) is 1. The minimum Gasteiger partial charge on any atom is -0.481 e. The van der Waals surface area contributed by atoms with Crippen molar-refractivity contribution < 1.29 is 14.7 Å². The van der Waals surface area contributed by atoms with Crippen molar-refractivity contribution in [3.05, 3.63) is 44.4 Å². The summed E-state index contributed by atoms with van der Waals surface area (Å²) in [5.74, 6) is -0.503. The Balaban J connectivity index is 1.28. The summed E-state index contributed by atoms with van der Waals surface area (Å²) < 4.78 is 0. The molecule has 2 aliphatic rings. The number of ketones is 1. The third-order valence-corrected chi connectivity index (χ3v) is 9.39. The maximum absolute atomic E-state index is 13.1. The number of hydrogen-bond acceptors (Lipinski definition) is 9. The molecule has 2 saturated heterocycles. The van der Waals surface area contributed by atoms with Crippen molar-refractivity contribution >= 4 is 51.8 Å². The van der Waals surface area contributed by atoms with Crippen LogP contribution in [0.1, 0.15) is 53.5 Å². The maximum atomic E-state index is 13.1. The molecule has 11 heteroatoms. The molecule has 37 heavy (non-hydrogen) atoms. The van der Waals surface area contributed by atoms with Gasteiger partial charge in [-0.15, -0.1) is 22.7 Å². The molecule has 0 amide bonds. The SMILES string of the molecule is CC1(C)CCN(Cc2sc(CC(=O)c3cnc(N4CCC(C(=O)O)CC4)cn3)nc2-c2cc(Cl)cs2)C1. The summed E-state index contributed by atoms with van der Waals surface area (Å²) in [5.41, 5.74) is 1.54. The third kappa shape index (κ3) is 6.19. The molecule has 0 aromatic carbocycles. The normalized spacial score (nSPS) is 18.4. The molecule has 2 fully saturated rings. The number of anilines is 1. The number of halogens is 1. The number of thiophene rings is 1. The Kier molecular flexibility index (Phi) is 7.63. The second-order valence-electron chi connectivity index (χ2n) is 10.6. The zero-order valence-electron chi connectivity index (χ0n) is 20.9. The standard InChI is InChI=1S/C26H30ClN5O3S2/c1-26(2)5-8-31(15-26)13-21-24(20-9-17(27)14-36-20)30-23(37-21)10-19(33)18-11-29-22(12-28-18)32-6-3-16(4-7-32)25(34)35/h9,11-12,14,16H,3-8,10,13,15H2,1-2H3,(H,34,35). The van der Waals surface area contributed by atoms with Gasteiger partial charge in [0.2, 0.25) is 0 Å². The average Bonchev–Trinajstić information content (AvgIpc) is 3.57. The number of carbonyl (C=O) groups excluding carboxylic acids is 1. The van der Waals surface area contributed by atoms with E-state index < -0.39 is 5.97 Å². The first-order chi connectivity index (χ1) is 17.7. The van der Waals surface area contributed by atoms with Crippen LogP contribution in [0.3, 0.4) is 0 Å². The fraction of sp³-hybridized carbons (Fsp3) is 0.500. The first-order valence-electron chi connectivity index (χ1n) is 12.5. The predicted molar refractivity (Wildman–Crippen MR) is 147 cm³/mol. The number of aromatic nitrogens is 3. The summed E-state index contributed by atoms with van der Waals surface area (Å²) in [6.07, 6.45) is 5.62. The van der Waals surface area contributed by atoms with Crippen LogP contribution in [-0.4, -0.2) is 62.9 Å². The van der Waals surface area contributed by atoms with Gasteiger partial charge in [0.05, 0.1) is 40.3 Å². The molecule has 0 saturated carbocycles. The molecule has 0 aliphatic carbocycles. The van der Waals surface area contributed by atoms with E-state index in [0.717, 1.165) is 40.1 Å². The molecule has 0 unspecified atom stereocenters. The van der Waals surface area contributed by atoms with Crippen molar-refractivity contribution in [2.45, 2.75) is 46.1 Å². The quantitative estimate of drug-likeness (QED) is 0.372. The molecule has 5 rings (SSSR count). The van der Waals surface area contributed by atoms with Crippen LogP contribution < -0.4 is 4.90 Å². The molecule has 0 bridgehead atoms. The van der Waals surface area contributed by atoms with Crippen LogP contribution in [0.2, 0.25) is 5.02 Å². The van der Waals surface area contributed by atoms with Crippen LogP contribution in [0.15, 0.2) is 23.8 Å².